The van der Waals surface area contributed by atoms with Crippen LogP contribution < -0.4 is 0 Å². The Bertz CT molecular complexity index is 1270. The lowest BCUT2D eigenvalue weighted by Crippen LogP contribution is -2.30. The van der Waals surface area contributed by atoms with Crippen molar-refractivity contribution in [3.8, 4) is 0 Å². The smallest absolute Gasteiger partial charge is 0.306 e. The highest BCUT2D eigenvalue weighted by Gasteiger charge is 2.19. The van der Waals surface area contributed by atoms with Crippen molar-refractivity contribution in [1.82, 2.24) is 0 Å². The first-order valence-corrected chi connectivity index (χ1v) is 28.9. The quantitative estimate of drug-likeness (QED) is 0.0262. The Morgan fingerprint density at radius 2 is 0.574 bits per heavy atom. The minimum atomic E-state index is -0.774. The molecule has 0 bridgehead atoms. The van der Waals surface area contributed by atoms with Gasteiger partial charge in [-0.2, -0.15) is 0 Å². The Labute approximate surface area is 421 Å². The summed E-state index contributed by atoms with van der Waals surface area (Å²) in [7, 11) is 0. The van der Waals surface area contributed by atoms with Crippen molar-refractivity contribution >= 4 is 17.9 Å². The number of hydrogen-bond donors (Lipinski definition) is 0. The lowest BCUT2D eigenvalue weighted by Gasteiger charge is -2.18. The number of esters is 3. The van der Waals surface area contributed by atoms with Gasteiger partial charge in [0, 0.05) is 19.3 Å². The summed E-state index contributed by atoms with van der Waals surface area (Å²) in [5.41, 5.74) is 0. The van der Waals surface area contributed by atoms with Crippen molar-refractivity contribution in [3.05, 3.63) is 72.9 Å². The lowest BCUT2D eigenvalue weighted by molar-refractivity contribution is -0.167. The molecule has 0 saturated carbocycles. The second-order valence-electron chi connectivity index (χ2n) is 19.2. The van der Waals surface area contributed by atoms with Crippen LogP contribution in [0, 0.1) is 0 Å². The molecule has 0 aromatic carbocycles. The average Bonchev–Trinajstić information content (AvgIpc) is 3.34. The highest BCUT2D eigenvalue weighted by Crippen LogP contribution is 2.15. The minimum absolute atomic E-state index is 0.0772. The highest BCUT2D eigenvalue weighted by molar-refractivity contribution is 5.71. The van der Waals surface area contributed by atoms with Crippen LogP contribution in [-0.4, -0.2) is 37.2 Å². The summed E-state index contributed by atoms with van der Waals surface area (Å²) in [4.78, 5) is 37.8. The summed E-state index contributed by atoms with van der Waals surface area (Å²) in [5.74, 6) is -0.891. The molecule has 1 atom stereocenters. The summed E-state index contributed by atoms with van der Waals surface area (Å²) in [5, 5.41) is 0. The van der Waals surface area contributed by atoms with Crippen LogP contribution in [0.3, 0.4) is 0 Å². The van der Waals surface area contributed by atoms with E-state index in [2.05, 4.69) is 93.7 Å². The van der Waals surface area contributed by atoms with Gasteiger partial charge in [0.05, 0.1) is 0 Å². The maximum Gasteiger partial charge on any atom is 0.306 e. The van der Waals surface area contributed by atoms with Gasteiger partial charge in [0.25, 0.3) is 0 Å². The fourth-order valence-electron chi connectivity index (χ4n) is 8.11. The third-order valence-corrected chi connectivity index (χ3v) is 12.4. The fraction of sp³-hybridized carbons (Fsp3) is 0.758. The van der Waals surface area contributed by atoms with Gasteiger partial charge in [0.1, 0.15) is 13.2 Å². The number of rotatable bonds is 52. The number of unbranched alkanes of at least 4 members (excludes halogenated alkanes) is 29. The highest BCUT2D eigenvalue weighted by atomic mass is 16.6. The molecular weight excluding hydrogens is 841 g/mol. The van der Waals surface area contributed by atoms with Crippen molar-refractivity contribution < 1.29 is 28.6 Å². The second-order valence-corrected chi connectivity index (χ2v) is 19.2. The Kier molecular flexibility index (Phi) is 53.8. The summed E-state index contributed by atoms with van der Waals surface area (Å²) < 4.78 is 16.7. The maximum absolute atomic E-state index is 12.8. The van der Waals surface area contributed by atoms with Crippen molar-refractivity contribution in [2.24, 2.45) is 0 Å². The molecule has 0 N–H and O–H groups in total. The predicted molar refractivity (Wildman–Crippen MR) is 293 cm³/mol. The van der Waals surface area contributed by atoms with E-state index in [1.54, 1.807) is 0 Å². The van der Waals surface area contributed by atoms with E-state index in [1.165, 1.54) is 148 Å². The van der Waals surface area contributed by atoms with Crippen LogP contribution in [0.2, 0.25) is 0 Å². The van der Waals surface area contributed by atoms with Crippen LogP contribution in [0.4, 0.5) is 0 Å². The first kappa shape index (κ1) is 64.8. The molecule has 6 nitrogen and oxygen atoms in total. The molecule has 0 saturated heterocycles. The van der Waals surface area contributed by atoms with Crippen molar-refractivity contribution in [2.45, 2.75) is 290 Å². The van der Waals surface area contributed by atoms with E-state index in [1.807, 2.05) is 0 Å². The Hall–Kier alpha value is -3.15. The van der Waals surface area contributed by atoms with E-state index in [-0.39, 0.29) is 31.1 Å². The average molecular weight is 950 g/mol. The third kappa shape index (κ3) is 53.8. The molecule has 0 aromatic heterocycles. The van der Waals surface area contributed by atoms with Gasteiger partial charge >= 0.3 is 17.9 Å². The second kappa shape index (κ2) is 56.4. The minimum Gasteiger partial charge on any atom is -0.462 e. The monoisotopic (exact) mass is 949 g/mol. The molecule has 0 aliphatic rings. The van der Waals surface area contributed by atoms with Crippen LogP contribution in [-0.2, 0) is 28.6 Å². The van der Waals surface area contributed by atoms with E-state index < -0.39 is 6.10 Å². The number of hydrogen-bond acceptors (Lipinski definition) is 6. The molecule has 0 aromatic rings. The molecule has 0 fully saturated rings. The van der Waals surface area contributed by atoms with Gasteiger partial charge in [0.2, 0.25) is 0 Å². The standard InChI is InChI=1S/C62H108O6/c1-4-7-10-13-15-17-19-21-23-25-27-28-29-30-31-32-33-34-35-37-38-40-42-44-46-49-52-55-61(64)67-58-59(57-66-60(63)54-51-48-12-9-6-3)68-62(65)56-53-50-47-45-43-41-39-36-26-24-22-20-18-16-14-11-8-5-2/h7,10,15,17,21,23-24,26-28,30-31,59H,4-6,8-9,11-14,16,18-20,22,25,29,32-58H2,1-3H3/b10-7-,17-15-,23-21-,26-24-,28-27-,31-30-. The molecule has 6 heteroatoms. The Morgan fingerprint density at radius 1 is 0.309 bits per heavy atom. The summed E-state index contributed by atoms with van der Waals surface area (Å²) in [6.45, 7) is 6.45. The fourth-order valence-corrected chi connectivity index (χ4v) is 8.11. The maximum atomic E-state index is 12.8. The van der Waals surface area contributed by atoms with Crippen LogP contribution in [0.5, 0.6) is 0 Å². The molecule has 0 amide bonds. The van der Waals surface area contributed by atoms with Gasteiger partial charge in [-0.05, 0) is 89.9 Å². The zero-order chi connectivity index (χ0) is 49.3. The van der Waals surface area contributed by atoms with Crippen molar-refractivity contribution in [3.63, 3.8) is 0 Å². The molecule has 1 unspecified atom stereocenters. The van der Waals surface area contributed by atoms with Crippen molar-refractivity contribution in [1.29, 1.82) is 0 Å². The first-order valence-electron chi connectivity index (χ1n) is 28.9. The van der Waals surface area contributed by atoms with Crippen LogP contribution in [0.1, 0.15) is 284 Å². The van der Waals surface area contributed by atoms with Crippen molar-refractivity contribution in [2.75, 3.05) is 13.2 Å². The van der Waals surface area contributed by atoms with Gasteiger partial charge in [-0.3, -0.25) is 14.4 Å². The Balaban J connectivity index is 4.07. The summed E-state index contributed by atoms with van der Waals surface area (Å²) in [6, 6.07) is 0. The molecule has 0 aliphatic carbocycles. The van der Waals surface area contributed by atoms with E-state index >= 15 is 0 Å². The SMILES string of the molecule is CC/C=C\C/C=C\C/C=C\C/C=C\C/C=C\CCCCCCCCCCCCCC(=O)OCC(COC(=O)CCCCCCC)OC(=O)CCCCCCCCC/C=C\CCCCCCCCC. The van der Waals surface area contributed by atoms with E-state index in [4.69, 9.17) is 14.2 Å². The topological polar surface area (TPSA) is 78.9 Å². The van der Waals surface area contributed by atoms with Gasteiger partial charge in [-0.1, -0.05) is 248 Å². The summed E-state index contributed by atoms with van der Waals surface area (Å²) in [6.07, 6.45) is 72.3. The molecule has 0 heterocycles. The van der Waals surface area contributed by atoms with Gasteiger partial charge in [0.15, 0.2) is 6.10 Å². The van der Waals surface area contributed by atoms with Crippen LogP contribution in [0.25, 0.3) is 0 Å². The van der Waals surface area contributed by atoms with Crippen LogP contribution in [0.15, 0.2) is 72.9 Å². The van der Waals surface area contributed by atoms with Gasteiger partial charge in [-0.15, -0.1) is 0 Å². The molecule has 68 heavy (non-hydrogen) atoms. The predicted octanol–water partition coefficient (Wildman–Crippen LogP) is 19.4. The zero-order valence-corrected chi connectivity index (χ0v) is 44.9. The molecule has 0 aliphatic heterocycles. The number of allylic oxidation sites excluding steroid dienone is 12. The van der Waals surface area contributed by atoms with E-state index in [0.29, 0.717) is 19.3 Å². The first-order chi connectivity index (χ1) is 33.5. The van der Waals surface area contributed by atoms with Gasteiger partial charge < -0.3 is 14.2 Å². The molecule has 0 spiro atoms. The Morgan fingerprint density at radius 3 is 0.912 bits per heavy atom. The number of ether oxygens (including phenoxy) is 3. The van der Waals surface area contributed by atoms with Crippen LogP contribution >= 0.6 is 0 Å². The lowest BCUT2D eigenvalue weighted by atomic mass is 10.0. The molecule has 0 rings (SSSR count). The number of carbonyl (C=O) groups excluding carboxylic acids is 3. The summed E-state index contributed by atoms with van der Waals surface area (Å²) >= 11 is 0. The largest absolute Gasteiger partial charge is 0.462 e. The van der Waals surface area contributed by atoms with E-state index in [0.717, 1.165) is 96.3 Å². The molecule has 0 radical (unpaired) electrons. The zero-order valence-electron chi connectivity index (χ0n) is 44.9. The third-order valence-electron chi connectivity index (χ3n) is 12.4. The molecule has 392 valence electrons. The number of carbonyl (C=O) groups is 3. The molecular formula is C62H108O6. The normalized spacial score (nSPS) is 12.6. The van der Waals surface area contributed by atoms with E-state index in [9.17, 15) is 14.4 Å². The van der Waals surface area contributed by atoms with Gasteiger partial charge in [-0.25, -0.2) is 0 Å².